The number of aryl methyl sites for hydroxylation is 2. The second-order valence-corrected chi connectivity index (χ2v) is 6.23. The fourth-order valence-corrected chi connectivity index (χ4v) is 2.84. The lowest BCUT2D eigenvalue weighted by Crippen LogP contribution is -2.23. The number of allylic oxidation sites excluding steroid dienone is 2. The number of carbonyl (C=O) groups is 1. The van der Waals surface area contributed by atoms with Gasteiger partial charge in [-0.15, -0.1) is 0 Å². The van der Waals surface area contributed by atoms with Crippen LogP contribution in [0.2, 0.25) is 0 Å². The Kier molecular flexibility index (Phi) is 5.91. The fraction of sp³-hybridized carbons (Fsp3) is 0.333. The lowest BCUT2D eigenvalue weighted by Gasteiger charge is -2.15. The number of nitrogens with zero attached hydrogens (tertiary/aromatic N) is 1. The third-order valence-electron chi connectivity index (χ3n) is 4.48. The molecule has 0 aliphatic rings. The normalized spacial score (nSPS) is 14.0. The Morgan fingerprint density at radius 1 is 1.29 bits per heavy atom. The van der Waals surface area contributed by atoms with Gasteiger partial charge in [0.1, 0.15) is 0 Å². The first-order valence-corrected chi connectivity index (χ1v) is 8.44. The topological polar surface area (TPSA) is 45.8 Å². The molecule has 2 aromatic rings. The van der Waals surface area contributed by atoms with Crippen LogP contribution in [0, 0.1) is 13.8 Å². The third-order valence-corrected chi connectivity index (χ3v) is 4.48. The van der Waals surface area contributed by atoms with Gasteiger partial charge in [-0.1, -0.05) is 49.4 Å². The first-order valence-electron chi connectivity index (χ1n) is 8.44. The molecule has 0 aliphatic carbocycles. The molecule has 0 spiro atoms. The molecule has 0 radical (unpaired) electrons. The summed E-state index contributed by atoms with van der Waals surface area (Å²) in [5, 5.41) is 8.64. The fourth-order valence-electron chi connectivity index (χ4n) is 2.84. The minimum Gasteiger partial charge on any atom is -0.294 e. The summed E-state index contributed by atoms with van der Waals surface area (Å²) < 4.78 is 0. The number of benzene rings is 1. The highest BCUT2D eigenvalue weighted by Gasteiger charge is 2.16. The van der Waals surface area contributed by atoms with Gasteiger partial charge in [0.2, 0.25) is 0 Å². The Balaban J connectivity index is 2.24. The van der Waals surface area contributed by atoms with Gasteiger partial charge in [-0.2, -0.15) is 5.10 Å². The summed E-state index contributed by atoms with van der Waals surface area (Å²) in [4.78, 5) is 12.8. The zero-order valence-electron chi connectivity index (χ0n) is 15.0. The number of aromatic amines is 1. The van der Waals surface area contributed by atoms with Crippen molar-refractivity contribution in [3.8, 4) is 0 Å². The van der Waals surface area contributed by atoms with E-state index in [0.717, 1.165) is 28.3 Å². The second-order valence-electron chi connectivity index (χ2n) is 6.23. The van der Waals surface area contributed by atoms with Crippen LogP contribution < -0.4 is 10.6 Å². The van der Waals surface area contributed by atoms with Crippen molar-refractivity contribution in [3.63, 3.8) is 0 Å². The van der Waals surface area contributed by atoms with E-state index in [0.29, 0.717) is 6.42 Å². The van der Waals surface area contributed by atoms with E-state index in [-0.39, 0.29) is 11.7 Å². The highest BCUT2D eigenvalue weighted by molar-refractivity contribution is 6.03. The molecule has 0 saturated carbocycles. The van der Waals surface area contributed by atoms with Crippen molar-refractivity contribution >= 4 is 18.4 Å². The smallest absolute Gasteiger partial charge is 0.163 e. The Hall–Kier alpha value is -2.42. The molecule has 2 rings (SSSR count). The van der Waals surface area contributed by atoms with Gasteiger partial charge in [0.25, 0.3) is 0 Å². The SMILES string of the molecule is C=c1[nH]nc(C)/c1=C/C(=C\C)C(=O)CC(CC)c1ccc(C)cc1. The first kappa shape index (κ1) is 17.9. The molecule has 1 N–H and O–H groups in total. The van der Waals surface area contributed by atoms with Gasteiger partial charge in [-0.3, -0.25) is 9.89 Å². The summed E-state index contributed by atoms with van der Waals surface area (Å²) in [6.07, 6.45) is 5.22. The number of ketones is 1. The van der Waals surface area contributed by atoms with E-state index < -0.39 is 0 Å². The average molecular weight is 322 g/mol. The number of hydrogen-bond acceptors (Lipinski definition) is 2. The Bertz CT molecular complexity index is 841. The summed E-state index contributed by atoms with van der Waals surface area (Å²) >= 11 is 0. The average Bonchev–Trinajstić information content (AvgIpc) is 2.89. The summed E-state index contributed by atoms with van der Waals surface area (Å²) in [5.41, 5.74) is 4.04. The van der Waals surface area contributed by atoms with E-state index in [1.54, 1.807) is 0 Å². The van der Waals surface area contributed by atoms with Gasteiger partial charge >= 0.3 is 0 Å². The maximum Gasteiger partial charge on any atom is 0.163 e. The lowest BCUT2D eigenvalue weighted by molar-refractivity contribution is -0.115. The van der Waals surface area contributed by atoms with Gasteiger partial charge in [-0.05, 0) is 44.7 Å². The third kappa shape index (κ3) is 4.10. The molecule has 1 aromatic heterocycles. The molecule has 24 heavy (non-hydrogen) atoms. The van der Waals surface area contributed by atoms with Crippen LogP contribution in [-0.2, 0) is 4.79 Å². The predicted octanol–water partition coefficient (Wildman–Crippen LogP) is 3.32. The molecule has 126 valence electrons. The number of hydrogen-bond donors (Lipinski definition) is 1. The molecule has 3 heteroatoms. The molecular formula is C21H26N2O. The van der Waals surface area contributed by atoms with E-state index in [1.165, 1.54) is 11.1 Å². The number of rotatable bonds is 6. The van der Waals surface area contributed by atoms with Gasteiger partial charge < -0.3 is 0 Å². The van der Waals surface area contributed by atoms with Gasteiger partial charge in [0, 0.05) is 17.2 Å². The molecule has 0 fully saturated rings. The van der Waals surface area contributed by atoms with Crippen molar-refractivity contribution in [1.82, 2.24) is 10.2 Å². The van der Waals surface area contributed by atoms with Gasteiger partial charge in [0.05, 0.1) is 11.0 Å². The van der Waals surface area contributed by atoms with Crippen molar-refractivity contribution in [3.05, 3.63) is 63.3 Å². The minimum atomic E-state index is 0.157. The second kappa shape index (κ2) is 7.91. The summed E-state index contributed by atoms with van der Waals surface area (Å²) in [5.74, 6) is 0.399. The highest BCUT2D eigenvalue weighted by atomic mass is 16.1. The lowest BCUT2D eigenvalue weighted by atomic mass is 9.89. The molecule has 3 nitrogen and oxygen atoms in total. The van der Waals surface area contributed by atoms with E-state index in [1.807, 2.05) is 26.0 Å². The first-order chi connectivity index (χ1) is 11.5. The Morgan fingerprint density at radius 2 is 1.96 bits per heavy atom. The van der Waals surface area contributed by atoms with Crippen LogP contribution in [-0.4, -0.2) is 16.0 Å². The maximum absolute atomic E-state index is 12.8. The van der Waals surface area contributed by atoms with E-state index >= 15 is 0 Å². The van der Waals surface area contributed by atoms with Crippen molar-refractivity contribution in [2.45, 2.75) is 46.5 Å². The summed E-state index contributed by atoms with van der Waals surface area (Å²) in [6, 6.07) is 8.47. The van der Waals surface area contributed by atoms with Crippen molar-refractivity contribution in [2.24, 2.45) is 0 Å². The van der Waals surface area contributed by atoms with Crippen LogP contribution in [0.4, 0.5) is 0 Å². The van der Waals surface area contributed by atoms with Crippen LogP contribution in [0.15, 0.2) is 35.9 Å². The number of aromatic nitrogens is 2. The van der Waals surface area contributed by atoms with Crippen LogP contribution in [0.25, 0.3) is 12.7 Å². The number of carbonyl (C=O) groups excluding carboxylic acids is 1. The quantitative estimate of drug-likeness (QED) is 0.829. The molecular weight excluding hydrogens is 296 g/mol. The zero-order valence-corrected chi connectivity index (χ0v) is 15.0. The standard InChI is InChI=1S/C21H26N2O/c1-6-17(19-10-8-14(3)9-11-19)13-21(24)18(7-2)12-20-15(4)22-23-16(20)5/h7-12,17,22H,4,6,13H2,1-3,5H3/b18-7+,20-12+. The van der Waals surface area contributed by atoms with Crippen LogP contribution in [0.3, 0.4) is 0 Å². The van der Waals surface area contributed by atoms with Crippen molar-refractivity contribution in [1.29, 1.82) is 0 Å². The molecule has 0 bridgehead atoms. The molecule has 0 saturated heterocycles. The van der Waals surface area contributed by atoms with Crippen LogP contribution in [0.5, 0.6) is 0 Å². The van der Waals surface area contributed by atoms with Gasteiger partial charge in [-0.25, -0.2) is 0 Å². The van der Waals surface area contributed by atoms with Gasteiger partial charge in [0.15, 0.2) is 5.78 Å². The van der Waals surface area contributed by atoms with Crippen LogP contribution in [0.1, 0.15) is 49.4 Å². The Morgan fingerprint density at radius 3 is 2.46 bits per heavy atom. The highest BCUT2D eigenvalue weighted by Crippen LogP contribution is 2.25. The number of nitrogens with one attached hydrogen (secondary N) is 1. The van der Waals surface area contributed by atoms with E-state index in [4.69, 9.17) is 0 Å². The number of H-pyrrole nitrogens is 1. The zero-order chi connectivity index (χ0) is 17.7. The van der Waals surface area contributed by atoms with E-state index in [9.17, 15) is 4.79 Å². The monoisotopic (exact) mass is 322 g/mol. The van der Waals surface area contributed by atoms with Crippen molar-refractivity contribution < 1.29 is 4.79 Å². The molecule has 1 heterocycles. The molecule has 0 aliphatic heterocycles. The molecule has 0 amide bonds. The predicted molar refractivity (Wildman–Crippen MR) is 100 cm³/mol. The minimum absolute atomic E-state index is 0.157. The summed E-state index contributed by atoms with van der Waals surface area (Å²) in [6.45, 7) is 11.9. The van der Waals surface area contributed by atoms with Crippen molar-refractivity contribution in [2.75, 3.05) is 0 Å². The molecule has 1 aromatic carbocycles. The molecule has 1 atom stereocenters. The number of Topliss-reactive ketones (excluding diaryl/α,β-unsaturated/α-hetero) is 1. The van der Waals surface area contributed by atoms with E-state index in [2.05, 4.69) is 54.9 Å². The largest absolute Gasteiger partial charge is 0.294 e. The van der Waals surface area contributed by atoms with Crippen LogP contribution >= 0.6 is 0 Å². The maximum atomic E-state index is 12.8. The summed E-state index contributed by atoms with van der Waals surface area (Å²) in [7, 11) is 0. The Labute approximate surface area is 143 Å². The molecule has 1 unspecified atom stereocenters.